The molecule has 0 bridgehead atoms. The molecule has 0 aromatic rings. The second kappa shape index (κ2) is 3.43. The van der Waals surface area contributed by atoms with Gasteiger partial charge in [-0.25, -0.2) is 0 Å². The maximum atomic E-state index is 2.45. The molecule has 0 saturated heterocycles. The molecule has 69 valence electrons. The van der Waals surface area contributed by atoms with E-state index in [1.165, 1.54) is 32.1 Å². The van der Waals surface area contributed by atoms with E-state index in [9.17, 15) is 0 Å². The summed E-state index contributed by atoms with van der Waals surface area (Å²) >= 11 is 0. The van der Waals surface area contributed by atoms with Gasteiger partial charge in [0, 0.05) is 0 Å². The van der Waals surface area contributed by atoms with E-state index < -0.39 is 0 Å². The average Bonchev–Trinajstić information content (AvgIpc) is 2.11. The van der Waals surface area contributed by atoms with Gasteiger partial charge in [-0.1, -0.05) is 52.2 Å². The Morgan fingerprint density at radius 3 is 1.92 bits per heavy atom. The Balaban J connectivity index is 2.49. The van der Waals surface area contributed by atoms with Crippen molar-refractivity contribution in [3.63, 3.8) is 0 Å². The molecular formula is C11H22B. The molecule has 1 aliphatic carbocycles. The van der Waals surface area contributed by atoms with Gasteiger partial charge in [-0.2, -0.15) is 0 Å². The average molecular weight is 165 g/mol. The highest BCUT2D eigenvalue weighted by molar-refractivity contribution is 6.38. The van der Waals surface area contributed by atoms with E-state index in [2.05, 4.69) is 34.9 Å². The molecule has 0 unspecified atom stereocenters. The van der Waals surface area contributed by atoms with E-state index in [0.29, 0.717) is 10.7 Å². The molecular weight excluding hydrogens is 143 g/mol. The van der Waals surface area contributed by atoms with Gasteiger partial charge in [0.15, 0.2) is 0 Å². The minimum absolute atomic E-state index is 0.550. The van der Waals surface area contributed by atoms with E-state index in [0.717, 1.165) is 0 Å². The van der Waals surface area contributed by atoms with E-state index in [1.54, 1.807) is 0 Å². The summed E-state index contributed by atoms with van der Waals surface area (Å²) in [7, 11) is 2.41. The first-order chi connectivity index (χ1) is 5.54. The topological polar surface area (TPSA) is 0 Å². The smallest absolute Gasteiger partial charge is 0.0914 e. The van der Waals surface area contributed by atoms with Gasteiger partial charge in [0.2, 0.25) is 0 Å². The molecule has 1 heteroatoms. The summed E-state index contributed by atoms with van der Waals surface area (Å²) in [6, 6.07) is 0. The summed E-state index contributed by atoms with van der Waals surface area (Å²) in [4.78, 5) is 0. The SMILES string of the molecule is C[B]C1(C)CCC(C)(CC)CC1. The first-order valence-corrected chi connectivity index (χ1v) is 5.34. The molecule has 0 aromatic heterocycles. The third kappa shape index (κ3) is 2.05. The fourth-order valence-electron chi connectivity index (χ4n) is 2.07. The standard InChI is InChI=1S/C11H22B/c1-5-10(2)6-8-11(3,12-4)9-7-10/h5-9H2,1-4H3. The Kier molecular flexibility index (Phi) is 2.90. The van der Waals surface area contributed by atoms with Crippen molar-refractivity contribution in [3.05, 3.63) is 0 Å². The third-order valence-electron chi connectivity index (χ3n) is 4.15. The molecule has 0 aromatic carbocycles. The maximum Gasteiger partial charge on any atom is 0.114 e. The second-order valence-corrected chi connectivity index (χ2v) is 5.11. The van der Waals surface area contributed by atoms with Gasteiger partial charge in [0.25, 0.3) is 0 Å². The highest BCUT2D eigenvalue weighted by Crippen LogP contribution is 2.50. The minimum Gasteiger partial charge on any atom is -0.0914 e. The van der Waals surface area contributed by atoms with Crippen LogP contribution >= 0.6 is 0 Å². The molecule has 0 heterocycles. The van der Waals surface area contributed by atoms with Crippen LogP contribution in [0.1, 0.15) is 52.9 Å². The molecule has 1 fully saturated rings. The second-order valence-electron chi connectivity index (χ2n) is 5.11. The molecule has 0 spiro atoms. The number of hydrogen-bond acceptors (Lipinski definition) is 0. The highest BCUT2D eigenvalue weighted by Gasteiger charge is 2.35. The van der Waals surface area contributed by atoms with E-state index >= 15 is 0 Å². The lowest BCUT2D eigenvalue weighted by molar-refractivity contribution is 0.178. The van der Waals surface area contributed by atoms with Crippen LogP contribution in [0.2, 0.25) is 12.1 Å². The highest BCUT2D eigenvalue weighted by atomic mass is 14.4. The van der Waals surface area contributed by atoms with Crippen molar-refractivity contribution < 1.29 is 0 Å². The molecule has 1 radical (unpaired) electrons. The lowest BCUT2D eigenvalue weighted by Crippen LogP contribution is -2.28. The fourth-order valence-corrected chi connectivity index (χ4v) is 2.07. The van der Waals surface area contributed by atoms with Crippen molar-refractivity contribution in [2.75, 3.05) is 0 Å². The van der Waals surface area contributed by atoms with E-state index in [1.807, 2.05) is 0 Å². The Hall–Kier alpha value is 0.0649. The van der Waals surface area contributed by atoms with Crippen LogP contribution in [0.4, 0.5) is 0 Å². The zero-order chi connectivity index (χ0) is 9.24. The molecule has 0 amide bonds. The van der Waals surface area contributed by atoms with E-state index in [4.69, 9.17) is 0 Å². The van der Waals surface area contributed by atoms with Gasteiger partial charge in [0.05, 0.1) is 0 Å². The van der Waals surface area contributed by atoms with Crippen molar-refractivity contribution in [1.82, 2.24) is 0 Å². The van der Waals surface area contributed by atoms with Crippen LogP contribution in [0.5, 0.6) is 0 Å². The Morgan fingerprint density at radius 1 is 1.08 bits per heavy atom. The molecule has 1 aliphatic rings. The Morgan fingerprint density at radius 2 is 1.58 bits per heavy atom. The van der Waals surface area contributed by atoms with Gasteiger partial charge in [-0.3, -0.25) is 0 Å². The Bertz CT molecular complexity index is 125. The monoisotopic (exact) mass is 165 g/mol. The number of hydrogen-bond donors (Lipinski definition) is 0. The van der Waals surface area contributed by atoms with Gasteiger partial charge in [-0.15, -0.1) is 0 Å². The molecule has 0 nitrogen and oxygen atoms in total. The van der Waals surface area contributed by atoms with Gasteiger partial charge in [0.1, 0.15) is 7.28 Å². The predicted molar refractivity (Wildman–Crippen MR) is 56.9 cm³/mol. The van der Waals surface area contributed by atoms with E-state index in [-0.39, 0.29) is 0 Å². The van der Waals surface area contributed by atoms with Gasteiger partial charge in [-0.05, 0) is 18.3 Å². The van der Waals surface area contributed by atoms with Gasteiger partial charge >= 0.3 is 0 Å². The van der Waals surface area contributed by atoms with Crippen LogP contribution < -0.4 is 0 Å². The van der Waals surface area contributed by atoms with Crippen LogP contribution in [0.3, 0.4) is 0 Å². The number of rotatable bonds is 2. The van der Waals surface area contributed by atoms with Crippen LogP contribution in [0, 0.1) is 5.41 Å². The summed E-state index contributed by atoms with van der Waals surface area (Å²) in [6.07, 6.45) is 6.99. The third-order valence-corrected chi connectivity index (χ3v) is 4.15. The molecule has 12 heavy (non-hydrogen) atoms. The summed E-state index contributed by atoms with van der Waals surface area (Å²) in [5.74, 6) is 0. The van der Waals surface area contributed by atoms with Gasteiger partial charge < -0.3 is 0 Å². The van der Waals surface area contributed by atoms with Crippen LogP contribution in [0.15, 0.2) is 0 Å². The summed E-state index contributed by atoms with van der Waals surface area (Å²) in [5, 5.41) is 0.550. The summed E-state index contributed by atoms with van der Waals surface area (Å²) in [6.45, 7) is 9.40. The minimum atomic E-state index is 0.550. The first kappa shape index (κ1) is 10.1. The van der Waals surface area contributed by atoms with Crippen molar-refractivity contribution in [2.24, 2.45) is 5.41 Å². The van der Waals surface area contributed by atoms with Crippen LogP contribution in [0.25, 0.3) is 0 Å². The summed E-state index contributed by atoms with van der Waals surface area (Å²) in [5.41, 5.74) is 0.655. The molecule has 0 N–H and O–H groups in total. The lowest BCUT2D eigenvalue weighted by atomic mass is 9.47. The fraction of sp³-hybridized carbons (Fsp3) is 1.00. The van der Waals surface area contributed by atoms with Crippen LogP contribution in [-0.4, -0.2) is 7.28 Å². The largest absolute Gasteiger partial charge is 0.114 e. The zero-order valence-electron chi connectivity index (χ0n) is 9.11. The molecule has 0 atom stereocenters. The quantitative estimate of drug-likeness (QED) is 0.544. The normalized spacial score (nSPS) is 42.7. The van der Waals surface area contributed by atoms with Crippen molar-refractivity contribution >= 4 is 7.28 Å². The lowest BCUT2D eigenvalue weighted by Gasteiger charge is -2.42. The molecule has 1 saturated carbocycles. The van der Waals surface area contributed by atoms with Crippen molar-refractivity contribution in [3.8, 4) is 0 Å². The molecule has 1 rings (SSSR count). The van der Waals surface area contributed by atoms with Crippen LogP contribution in [-0.2, 0) is 0 Å². The first-order valence-electron chi connectivity index (χ1n) is 5.34. The predicted octanol–water partition coefficient (Wildman–Crippen LogP) is 3.91. The maximum absolute atomic E-state index is 2.45. The Labute approximate surface area is 78.4 Å². The van der Waals surface area contributed by atoms with Crippen molar-refractivity contribution in [1.29, 1.82) is 0 Å². The summed E-state index contributed by atoms with van der Waals surface area (Å²) < 4.78 is 0. The molecule has 0 aliphatic heterocycles. The zero-order valence-corrected chi connectivity index (χ0v) is 9.11. The van der Waals surface area contributed by atoms with Crippen molar-refractivity contribution in [2.45, 2.75) is 65.0 Å².